The molecule has 7 heteroatoms. The summed E-state index contributed by atoms with van der Waals surface area (Å²) in [4.78, 5) is 24.9. The first-order chi connectivity index (χ1) is 13.1. The summed E-state index contributed by atoms with van der Waals surface area (Å²) in [6.07, 6.45) is 2.17. The summed E-state index contributed by atoms with van der Waals surface area (Å²) in [7, 11) is 0. The van der Waals surface area contributed by atoms with E-state index in [1.807, 2.05) is 12.1 Å². The number of anilines is 1. The highest BCUT2D eigenvalue weighted by Crippen LogP contribution is 2.35. The first kappa shape index (κ1) is 17.9. The molecule has 6 nitrogen and oxygen atoms in total. The highest BCUT2D eigenvalue weighted by Gasteiger charge is 2.25. The number of hydrogen-bond donors (Lipinski definition) is 2. The van der Waals surface area contributed by atoms with Crippen LogP contribution in [-0.4, -0.2) is 31.1 Å². The molecule has 27 heavy (non-hydrogen) atoms. The van der Waals surface area contributed by atoms with E-state index in [1.165, 1.54) is 0 Å². The van der Waals surface area contributed by atoms with Gasteiger partial charge in [-0.1, -0.05) is 28.1 Å². The fraction of sp³-hybridized carbons (Fsp3) is 0.300. The Labute approximate surface area is 165 Å². The van der Waals surface area contributed by atoms with Gasteiger partial charge in [0.25, 0.3) is 5.91 Å². The number of amides is 2. The molecule has 2 N–H and O–H groups in total. The molecule has 2 aromatic carbocycles. The van der Waals surface area contributed by atoms with Crippen molar-refractivity contribution in [1.29, 1.82) is 0 Å². The van der Waals surface area contributed by atoms with Crippen LogP contribution in [0.25, 0.3) is 0 Å². The molecule has 1 saturated carbocycles. The summed E-state index contributed by atoms with van der Waals surface area (Å²) in [6, 6.07) is 10.9. The summed E-state index contributed by atoms with van der Waals surface area (Å²) in [5, 5.41) is 5.80. The van der Waals surface area contributed by atoms with Crippen LogP contribution in [0.15, 0.2) is 40.9 Å². The summed E-state index contributed by atoms with van der Waals surface area (Å²) in [5.74, 6) is 0.934. The minimum absolute atomic E-state index is 0.149. The maximum Gasteiger partial charge on any atom is 0.253 e. The molecule has 0 atom stereocenters. The summed E-state index contributed by atoms with van der Waals surface area (Å²) >= 11 is 3.48. The Morgan fingerprint density at radius 3 is 2.52 bits per heavy atom. The fourth-order valence-electron chi connectivity index (χ4n) is 2.89. The second-order valence-electron chi connectivity index (χ2n) is 6.61. The number of fused-ring (bicyclic) bond motifs is 1. The Balaban J connectivity index is 1.48. The molecule has 0 bridgehead atoms. The maximum absolute atomic E-state index is 12.6. The van der Waals surface area contributed by atoms with Gasteiger partial charge in [-0.2, -0.15) is 0 Å². The number of rotatable bonds is 5. The Kier molecular flexibility index (Phi) is 5.03. The van der Waals surface area contributed by atoms with Crippen molar-refractivity contribution in [3.63, 3.8) is 0 Å². The van der Waals surface area contributed by atoms with Crippen molar-refractivity contribution >= 4 is 33.4 Å². The summed E-state index contributed by atoms with van der Waals surface area (Å²) < 4.78 is 11.9. The van der Waals surface area contributed by atoms with E-state index in [0.717, 1.165) is 22.9 Å². The van der Waals surface area contributed by atoms with Gasteiger partial charge in [-0.15, -0.1) is 0 Å². The van der Waals surface area contributed by atoms with E-state index in [9.17, 15) is 9.59 Å². The van der Waals surface area contributed by atoms with Gasteiger partial charge < -0.3 is 20.1 Å². The van der Waals surface area contributed by atoms with Crippen molar-refractivity contribution in [2.45, 2.75) is 25.3 Å². The third kappa shape index (κ3) is 4.24. The molecule has 0 saturated heterocycles. The number of benzene rings is 2. The summed E-state index contributed by atoms with van der Waals surface area (Å²) in [6.45, 7) is 1.00. The molecule has 0 unspecified atom stereocenters. The molecule has 4 rings (SSSR count). The number of nitrogens with one attached hydrogen (secondary N) is 2. The number of ether oxygens (including phenoxy) is 2. The average molecular weight is 431 g/mol. The van der Waals surface area contributed by atoms with E-state index in [4.69, 9.17) is 9.47 Å². The lowest BCUT2D eigenvalue weighted by Crippen LogP contribution is -2.27. The van der Waals surface area contributed by atoms with E-state index < -0.39 is 0 Å². The van der Waals surface area contributed by atoms with Crippen LogP contribution in [0.5, 0.6) is 11.5 Å². The Hall–Kier alpha value is -2.54. The van der Waals surface area contributed by atoms with E-state index in [2.05, 4.69) is 26.6 Å². The zero-order valence-electron chi connectivity index (χ0n) is 14.6. The van der Waals surface area contributed by atoms with Gasteiger partial charge in [0.2, 0.25) is 5.91 Å². The van der Waals surface area contributed by atoms with Crippen LogP contribution in [0.3, 0.4) is 0 Å². The lowest BCUT2D eigenvalue weighted by Gasteiger charge is -2.20. The van der Waals surface area contributed by atoms with Crippen LogP contribution in [-0.2, 0) is 11.2 Å². The second-order valence-corrected chi connectivity index (χ2v) is 7.46. The minimum Gasteiger partial charge on any atom is -0.486 e. The van der Waals surface area contributed by atoms with Gasteiger partial charge in [-0.3, -0.25) is 9.59 Å². The number of carbonyl (C=O) groups excluding carboxylic acids is 2. The highest BCUT2D eigenvalue weighted by atomic mass is 79.9. The smallest absolute Gasteiger partial charge is 0.253 e. The Morgan fingerprint density at radius 1 is 1.07 bits per heavy atom. The van der Waals surface area contributed by atoms with Crippen molar-refractivity contribution in [2.24, 2.45) is 0 Å². The molecule has 1 fully saturated rings. The monoisotopic (exact) mass is 430 g/mol. The lowest BCUT2D eigenvalue weighted by molar-refractivity contribution is -0.115. The van der Waals surface area contributed by atoms with Crippen LogP contribution >= 0.6 is 15.9 Å². The molecule has 0 radical (unpaired) electrons. The lowest BCUT2D eigenvalue weighted by atomic mass is 10.1. The Morgan fingerprint density at radius 2 is 1.78 bits per heavy atom. The summed E-state index contributed by atoms with van der Waals surface area (Å²) in [5.41, 5.74) is 1.77. The Bertz CT molecular complexity index is 896. The van der Waals surface area contributed by atoms with Gasteiger partial charge >= 0.3 is 0 Å². The molecule has 0 spiro atoms. The van der Waals surface area contributed by atoms with E-state index >= 15 is 0 Å². The number of halogens is 1. The average Bonchev–Trinajstić information content (AvgIpc) is 3.46. The molecule has 2 amide bonds. The molecule has 1 heterocycles. The van der Waals surface area contributed by atoms with Crippen LogP contribution < -0.4 is 20.1 Å². The van der Waals surface area contributed by atoms with E-state index in [1.54, 1.807) is 24.3 Å². The molecule has 0 aromatic heterocycles. The molecular formula is C20H19BrN2O4. The van der Waals surface area contributed by atoms with Gasteiger partial charge in [0.05, 0.1) is 17.7 Å². The molecular weight excluding hydrogens is 412 g/mol. The number of hydrogen-bond acceptors (Lipinski definition) is 4. The molecule has 2 aliphatic rings. The zero-order valence-corrected chi connectivity index (χ0v) is 16.2. The maximum atomic E-state index is 12.6. The topological polar surface area (TPSA) is 76.7 Å². The van der Waals surface area contributed by atoms with Crippen molar-refractivity contribution in [3.05, 3.63) is 52.0 Å². The normalized spacial score (nSPS) is 15.1. The van der Waals surface area contributed by atoms with Crippen LogP contribution in [0, 0.1) is 0 Å². The van der Waals surface area contributed by atoms with Crippen LogP contribution in [0.4, 0.5) is 5.69 Å². The first-order valence-electron chi connectivity index (χ1n) is 8.88. The van der Waals surface area contributed by atoms with Gasteiger partial charge in [0.15, 0.2) is 11.5 Å². The van der Waals surface area contributed by atoms with Crippen molar-refractivity contribution < 1.29 is 19.1 Å². The predicted octanol–water partition coefficient (Wildman–Crippen LogP) is 3.29. The molecule has 1 aliphatic carbocycles. The standard InChI is InChI=1S/C20H19BrN2O4/c21-15-11-18-17(26-7-8-27-18)9-12(15)10-19(24)23-16-4-2-1-3-14(16)20(25)22-13-5-6-13/h1-4,9,11,13H,5-8,10H2,(H,22,25)(H,23,24). The predicted molar refractivity (Wildman–Crippen MR) is 104 cm³/mol. The molecule has 140 valence electrons. The highest BCUT2D eigenvalue weighted by molar-refractivity contribution is 9.10. The third-order valence-electron chi connectivity index (χ3n) is 4.42. The minimum atomic E-state index is -0.209. The largest absolute Gasteiger partial charge is 0.486 e. The molecule has 2 aromatic rings. The van der Waals surface area contributed by atoms with E-state index in [0.29, 0.717) is 36.0 Å². The fourth-order valence-corrected chi connectivity index (χ4v) is 3.35. The first-order valence-corrected chi connectivity index (χ1v) is 9.67. The van der Waals surface area contributed by atoms with Gasteiger partial charge in [-0.05, 0) is 42.7 Å². The SMILES string of the molecule is O=C(Cc1cc2c(cc1Br)OCCO2)Nc1ccccc1C(=O)NC1CC1. The van der Waals surface area contributed by atoms with E-state index in [-0.39, 0.29) is 24.3 Å². The number of carbonyl (C=O) groups is 2. The second kappa shape index (κ2) is 7.60. The zero-order chi connectivity index (χ0) is 18.8. The third-order valence-corrected chi connectivity index (χ3v) is 5.16. The van der Waals surface area contributed by atoms with Gasteiger partial charge in [0, 0.05) is 10.5 Å². The van der Waals surface area contributed by atoms with Crippen LogP contribution in [0.2, 0.25) is 0 Å². The quantitative estimate of drug-likeness (QED) is 0.762. The van der Waals surface area contributed by atoms with Crippen molar-refractivity contribution in [3.8, 4) is 11.5 Å². The number of para-hydroxylation sites is 1. The molecule has 1 aliphatic heterocycles. The van der Waals surface area contributed by atoms with Crippen molar-refractivity contribution in [1.82, 2.24) is 5.32 Å². The van der Waals surface area contributed by atoms with Gasteiger partial charge in [-0.25, -0.2) is 0 Å². The van der Waals surface area contributed by atoms with Crippen LogP contribution in [0.1, 0.15) is 28.8 Å². The van der Waals surface area contributed by atoms with Gasteiger partial charge in [0.1, 0.15) is 13.2 Å². The van der Waals surface area contributed by atoms with Crippen molar-refractivity contribution in [2.75, 3.05) is 18.5 Å².